The van der Waals surface area contributed by atoms with E-state index in [-0.39, 0.29) is 17.8 Å². The lowest BCUT2D eigenvalue weighted by atomic mass is 9.77. The maximum absolute atomic E-state index is 13.6. The van der Waals surface area contributed by atoms with Crippen molar-refractivity contribution in [2.24, 2.45) is 17.6 Å². The van der Waals surface area contributed by atoms with E-state index in [1.54, 1.807) is 16.8 Å². The average molecular weight is 403 g/mol. The van der Waals surface area contributed by atoms with E-state index in [4.69, 9.17) is 15.6 Å². The first-order valence-corrected chi connectivity index (χ1v) is 10.2. The van der Waals surface area contributed by atoms with Gasteiger partial charge in [0.15, 0.2) is 0 Å². The standard InChI is InChI=1S/C19H22FN5O2S/c1-27-16-6-11(20)3-4-12(16)14-7-22-18-25(14)23-19(28-18)24-8-10-2-5-15(26)17(21)13(10)9-24/h3-4,6-7,10,13,15,17,26H,2,5,8-9,21H2,1H3/t10-,13+,15-,17+/m1/s1. The topological polar surface area (TPSA) is 88.9 Å². The Labute approximate surface area is 165 Å². The molecule has 0 radical (unpaired) electrons. The maximum Gasteiger partial charge on any atom is 0.214 e. The highest BCUT2D eigenvalue weighted by molar-refractivity contribution is 7.20. The predicted octanol–water partition coefficient (Wildman–Crippen LogP) is 2.14. The van der Waals surface area contributed by atoms with Crippen LogP contribution in [0, 0.1) is 17.7 Å². The fraction of sp³-hybridized carbons (Fsp3) is 0.474. The van der Waals surface area contributed by atoms with Crippen molar-refractivity contribution in [1.82, 2.24) is 14.6 Å². The van der Waals surface area contributed by atoms with Gasteiger partial charge in [0.2, 0.25) is 10.1 Å². The molecule has 1 aliphatic carbocycles. The molecule has 9 heteroatoms. The Hall–Kier alpha value is -2.23. The molecular weight excluding hydrogens is 381 g/mol. The number of rotatable bonds is 3. The number of hydrogen-bond donors (Lipinski definition) is 2. The number of benzene rings is 1. The van der Waals surface area contributed by atoms with Crippen molar-refractivity contribution in [3.8, 4) is 17.0 Å². The average Bonchev–Trinajstić information content (AvgIpc) is 3.38. The van der Waals surface area contributed by atoms with Crippen LogP contribution in [0.1, 0.15) is 12.8 Å². The van der Waals surface area contributed by atoms with Crippen molar-refractivity contribution in [2.75, 3.05) is 25.1 Å². The van der Waals surface area contributed by atoms with Crippen LogP contribution in [-0.2, 0) is 0 Å². The number of aromatic nitrogens is 3. The van der Waals surface area contributed by atoms with Gasteiger partial charge in [0.05, 0.1) is 25.1 Å². The maximum atomic E-state index is 13.6. The van der Waals surface area contributed by atoms with E-state index in [0.29, 0.717) is 11.7 Å². The fourth-order valence-corrected chi connectivity index (χ4v) is 5.42. The number of imidazole rings is 1. The Bertz CT molecular complexity index is 1020. The van der Waals surface area contributed by atoms with Gasteiger partial charge in [-0.15, -0.1) is 5.10 Å². The molecule has 1 aromatic carbocycles. The monoisotopic (exact) mass is 403 g/mol. The molecule has 5 rings (SSSR count). The Kier molecular flexibility index (Phi) is 4.26. The van der Waals surface area contributed by atoms with Gasteiger partial charge in [-0.05, 0) is 36.8 Å². The molecule has 1 saturated carbocycles. The van der Waals surface area contributed by atoms with Crippen LogP contribution in [0.2, 0.25) is 0 Å². The van der Waals surface area contributed by atoms with Crippen molar-refractivity contribution < 1.29 is 14.2 Å². The highest BCUT2D eigenvalue weighted by atomic mass is 32.1. The van der Waals surface area contributed by atoms with Crippen molar-refractivity contribution in [3.63, 3.8) is 0 Å². The number of ether oxygens (including phenoxy) is 1. The Balaban J connectivity index is 1.48. The van der Waals surface area contributed by atoms with Gasteiger partial charge in [0.1, 0.15) is 11.6 Å². The van der Waals surface area contributed by atoms with Gasteiger partial charge in [0, 0.05) is 30.8 Å². The summed E-state index contributed by atoms with van der Waals surface area (Å²) in [6.45, 7) is 1.70. The predicted molar refractivity (Wildman–Crippen MR) is 105 cm³/mol. The van der Waals surface area contributed by atoms with Gasteiger partial charge in [-0.2, -0.15) is 0 Å². The zero-order chi connectivity index (χ0) is 19.4. The van der Waals surface area contributed by atoms with Crippen LogP contribution < -0.4 is 15.4 Å². The minimum Gasteiger partial charge on any atom is -0.496 e. The molecule has 0 amide bonds. The SMILES string of the molecule is COc1cc(F)ccc1-c1cnc2sc(N3C[C@H]4CC[C@@H](O)[C@@H](N)[C@H]4C3)nn12. The normalized spacial score (nSPS) is 27.4. The molecule has 148 valence electrons. The van der Waals surface area contributed by atoms with Crippen molar-refractivity contribution >= 4 is 21.4 Å². The van der Waals surface area contributed by atoms with E-state index in [1.165, 1.54) is 30.6 Å². The molecule has 0 unspecified atom stereocenters. The van der Waals surface area contributed by atoms with E-state index >= 15 is 0 Å². The van der Waals surface area contributed by atoms with Crippen LogP contribution in [0.5, 0.6) is 5.75 Å². The summed E-state index contributed by atoms with van der Waals surface area (Å²) in [5.74, 6) is 0.880. The molecule has 0 bridgehead atoms. The number of halogens is 1. The highest BCUT2D eigenvalue weighted by Gasteiger charge is 2.43. The lowest BCUT2D eigenvalue weighted by Crippen LogP contribution is -2.48. The van der Waals surface area contributed by atoms with E-state index in [0.717, 1.165) is 47.3 Å². The fourth-order valence-electron chi connectivity index (χ4n) is 4.53. The van der Waals surface area contributed by atoms with Crippen LogP contribution in [-0.4, -0.2) is 52.0 Å². The third-order valence-electron chi connectivity index (χ3n) is 6.05. The van der Waals surface area contributed by atoms with Gasteiger partial charge >= 0.3 is 0 Å². The molecule has 1 saturated heterocycles. The molecule has 2 aromatic heterocycles. The number of hydrogen-bond acceptors (Lipinski definition) is 7. The molecular formula is C19H22FN5O2S. The summed E-state index contributed by atoms with van der Waals surface area (Å²) in [5.41, 5.74) is 7.75. The van der Waals surface area contributed by atoms with Crippen molar-refractivity contribution in [1.29, 1.82) is 0 Å². The van der Waals surface area contributed by atoms with Crippen LogP contribution >= 0.6 is 11.3 Å². The van der Waals surface area contributed by atoms with E-state index < -0.39 is 6.10 Å². The van der Waals surface area contributed by atoms with Crippen molar-refractivity contribution in [3.05, 3.63) is 30.2 Å². The molecule has 1 aliphatic heterocycles. The van der Waals surface area contributed by atoms with Crippen molar-refractivity contribution in [2.45, 2.75) is 25.0 Å². The molecule has 3 N–H and O–H groups in total. The first kappa shape index (κ1) is 17.8. The number of fused-ring (bicyclic) bond motifs is 2. The zero-order valence-corrected chi connectivity index (χ0v) is 16.3. The lowest BCUT2D eigenvalue weighted by molar-refractivity contribution is 0.0625. The second-order valence-corrected chi connectivity index (χ2v) is 8.55. The van der Waals surface area contributed by atoms with Crippen LogP contribution in [0.15, 0.2) is 24.4 Å². The van der Waals surface area contributed by atoms with E-state index in [2.05, 4.69) is 9.88 Å². The lowest BCUT2D eigenvalue weighted by Gasteiger charge is -2.33. The number of nitrogens with two attached hydrogens (primary N) is 1. The zero-order valence-electron chi connectivity index (χ0n) is 15.5. The number of aliphatic hydroxyl groups excluding tert-OH is 1. The molecule has 2 aliphatic rings. The van der Waals surface area contributed by atoms with E-state index in [1.807, 2.05) is 0 Å². The minimum absolute atomic E-state index is 0.174. The third-order valence-corrected chi connectivity index (χ3v) is 7.03. The first-order chi connectivity index (χ1) is 13.5. The molecule has 3 heterocycles. The Morgan fingerprint density at radius 3 is 3.00 bits per heavy atom. The molecule has 2 fully saturated rings. The van der Waals surface area contributed by atoms with Gasteiger partial charge in [-0.25, -0.2) is 13.9 Å². The summed E-state index contributed by atoms with van der Waals surface area (Å²) in [5, 5.41) is 15.8. The Morgan fingerprint density at radius 1 is 1.32 bits per heavy atom. The summed E-state index contributed by atoms with van der Waals surface area (Å²) in [7, 11) is 1.52. The smallest absolute Gasteiger partial charge is 0.214 e. The van der Waals surface area contributed by atoms with E-state index in [9.17, 15) is 9.50 Å². The number of anilines is 1. The summed E-state index contributed by atoms with van der Waals surface area (Å²) < 4.78 is 20.7. The molecule has 28 heavy (non-hydrogen) atoms. The van der Waals surface area contributed by atoms with Crippen LogP contribution in [0.25, 0.3) is 16.2 Å². The van der Waals surface area contributed by atoms with Gasteiger partial charge in [-0.1, -0.05) is 11.3 Å². The first-order valence-electron chi connectivity index (χ1n) is 9.42. The molecule has 4 atom stereocenters. The summed E-state index contributed by atoms with van der Waals surface area (Å²) in [4.78, 5) is 7.50. The third kappa shape index (κ3) is 2.76. The number of aliphatic hydroxyl groups is 1. The summed E-state index contributed by atoms with van der Waals surface area (Å²) in [6, 6.07) is 4.27. The molecule has 7 nitrogen and oxygen atoms in total. The van der Waals surface area contributed by atoms with Crippen LogP contribution in [0.4, 0.5) is 9.52 Å². The molecule has 0 spiro atoms. The largest absolute Gasteiger partial charge is 0.496 e. The second-order valence-electron chi connectivity index (χ2n) is 7.62. The van der Waals surface area contributed by atoms with Gasteiger partial charge in [0.25, 0.3) is 0 Å². The van der Waals surface area contributed by atoms with Crippen LogP contribution in [0.3, 0.4) is 0 Å². The Morgan fingerprint density at radius 2 is 2.18 bits per heavy atom. The number of methoxy groups -OCH3 is 1. The summed E-state index contributed by atoms with van der Waals surface area (Å²) in [6.07, 6.45) is 3.09. The van der Waals surface area contributed by atoms with Gasteiger partial charge < -0.3 is 20.5 Å². The summed E-state index contributed by atoms with van der Waals surface area (Å²) >= 11 is 1.52. The molecule has 3 aromatic rings. The second kappa shape index (κ2) is 6.68. The number of nitrogens with zero attached hydrogens (tertiary/aromatic N) is 4. The quantitative estimate of drug-likeness (QED) is 0.697. The van der Waals surface area contributed by atoms with Gasteiger partial charge in [-0.3, -0.25) is 0 Å². The minimum atomic E-state index is -0.410. The highest BCUT2D eigenvalue weighted by Crippen LogP contribution is 2.40.